The zero-order valence-electron chi connectivity index (χ0n) is 9.10. The Morgan fingerprint density at radius 2 is 2.50 bits per heavy atom. The third-order valence-electron chi connectivity index (χ3n) is 2.66. The Balaban J connectivity index is 0.00000128. The fraction of sp³-hybridized carbons (Fsp3) is 0.600. The number of hydrogen-bond donors (Lipinski definition) is 2. The van der Waals surface area contributed by atoms with Crippen LogP contribution in [0.15, 0.2) is 11.6 Å². The number of halogens is 1. The van der Waals surface area contributed by atoms with Crippen LogP contribution in [0.4, 0.5) is 5.13 Å². The zero-order valence-corrected chi connectivity index (χ0v) is 10.7. The van der Waals surface area contributed by atoms with Crippen molar-refractivity contribution in [3.8, 4) is 0 Å². The van der Waals surface area contributed by atoms with Crippen molar-refractivity contribution in [3.63, 3.8) is 0 Å². The molecule has 0 unspecified atom stereocenters. The number of piperidine rings is 1. The average molecular weight is 262 g/mol. The molecule has 0 saturated carbocycles. The smallest absolute Gasteiger partial charge is 0.229 e. The minimum Gasteiger partial charge on any atom is -0.314 e. The first-order chi connectivity index (χ1) is 7.25. The van der Waals surface area contributed by atoms with Crippen LogP contribution in [0.5, 0.6) is 0 Å². The van der Waals surface area contributed by atoms with Crippen LogP contribution in [0.3, 0.4) is 0 Å². The lowest BCUT2D eigenvalue weighted by Gasteiger charge is -2.26. The number of hydrogen-bond acceptors (Lipinski definition) is 4. The molecule has 1 saturated heterocycles. The van der Waals surface area contributed by atoms with Crippen molar-refractivity contribution in [2.75, 3.05) is 11.9 Å². The second kappa shape index (κ2) is 6.18. The SMILES string of the molecule is C[C@H]1C[C@@H](C(=O)Nc2nccs2)CCN1.Cl. The number of carbonyl (C=O) groups excluding carboxylic acids is 1. The number of rotatable bonds is 2. The van der Waals surface area contributed by atoms with Gasteiger partial charge in [-0.2, -0.15) is 0 Å². The molecule has 1 aromatic heterocycles. The van der Waals surface area contributed by atoms with Crippen molar-refractivity contribution in [1.29, 1.82) is 0 Å². The Morgan fingerprint density at radius 1 is 1.69 bits per heavy atom. The highest BCUT2D eigenvalue weighted by Gasteiger charge is 2.24. The van der Waals surface area contributed by atoms with Crippen molar-refractivity contribution < 1.29 is 4.79 Å². The molecule has 1 amide bonds. The van der Waals surface area contributed by atoms with E-state index in [2.05, 4.69) is 22.5 Å². The van der Waals surface area contributed by atoms with E-state index in [1.54, 1.807) is 6.20 Å². The van der Waals surface area contributed by atoms with Gasteiger partial charge in [0.15, 0.2) is 5.13 Å². The van der Waals surface area contributed by atoms with Gasteiger partial charge in [0, 0.05) is 23.5 Å². The van der Waals surface area contributed by atoms with Gasteiger partial charge in [-0.1, -0.05) is 0 Å². The van der Waals surface area contributed by atoms with E-state index in [0.717, 1.165) is 19.4 Å². The second-order valence-corrected chi connectivity index (χ2v) is 4.80. The number of thiazole rings is 1. The van der Waals surface area contributed by atoms with Gasteiger partial charge in [0.05, 0.1) is 0 Å². The maximum Gasteiger partial charge on any atom is 0.229 e. The lowest BCUT2D eigenvalue weighted by Crippen LogP contribution is -2.40. The Bertz CT molecular complexity index is 331. The zero-order chi connectivity index (χ0) is 10.7. The van der Waals surface area contributed by atoms with Gasteiger partial charge in [0.2, 0.25) is 5.91 Å². The minimum absolute atomic E-state index is 0. The van der Waals surface area contributed by atoms with Gasteiger partial charge in [-0.3, -0.25) is 4.79 Å². The van der Waals surface area contributed by atoms with Crippen LogP contribution in [-0.4, -0.2) is 23.5 Å². The molecular weight excluding hydrogens is 246 g/mol. The first kappa shape index (κ1) is 13.4. The lowest BCUT2D eigenvalue weighted by molar-refractivity contribution is -0.120. The molecule has 90 valence electrons. The number of anilines is 1. The van der Waals surface area contributed by atoms with Crippen LogP contribution in [-0.2, 0) is 4.79 Å². The van der Waals surface area contributed by atoms with Crippen LogP contribution in [0.2, 0.25) is 0 Å². The molecule has 6 heteroatoms. The van der Waals surface area contributed by atoms with E-state index in [1.165, 1.54) is 11.3 Å². The molecule has 1 aliphatic heterocycles. The number of nitrogens with zero attached hydrogens (tertiary/aromatic N) is 1. The van der Waals surface area contributed by atoms with Crippen LogP contribution in [0, 0.1) is 5.92 Å². The first-order valence-corrected chi connectivity index (χ1v) is 6.07. The molecule has 0 spiro atoms. The van der Waals surface area contributed by atoms with Gasteiger partial charge >= 0.3 is 0 Å². The fourth-order valence-electron chi connectivity index (χ4n) is 1.86. The maximum atomic E-state index is 11.8. The monoisotopic (exact) mass is 261 g/mol. The van der Waals surface area contributed by atoms with Crippen LogP contribution in [0.1, 0.15) is 19.8 Å². The lowest BCUT2D eigenvalue weighted by atomic mass is 9.93. The van der Waals surface area contributed by atoms with Gasteiger partial charge < -0.3 is 10.6 Å². The fourth-order valence-corrected chi connectivity index (χ4v) is 2.39. The standard InChI is InChI=1S/C10H15N3OS.ClH/c1-7-6-8(2-3-11-7)9(14)13-10-12-4-5-15-10;/h4-5,7-8,11H,2-3,6H2,1H3,(H,12,13,14);1H/t7-,8-;/m0./s1. The Kier molecular flexibility index (Phi) is 5.18. The number of amides is 1. The van der Waals surface area contributed by atoms with Crippen LogP contribution >= 0.6 is 23.7 Å². The van der Waals surface area contributed by atoms with E-state index in [1.807, 2.05) is 5.38 Å². The molecule has 1 fully saturated rings. The Hall–Kier alpha value is -0.650. The highest BCUT2D eigenvalue weighted by atomic mass is 35.5. The van der Waals surface area contributed by atoms with Gasteiger partial charge in [-0.25, -0.2) is 4.98 Å². The summed E-state index contributed by atoms with van der Waals surface area (Å²) >= 11 is 1.46. The molecule has 1 aliphatic rings. The predicted molar refractivity (Wildman–Crippen MR) is 68.2 cm³/mol. The van der Waals surface area contributed by atoms with E-state index < -0.39 is 0 Å². The minimum atomic E-state index is 0. The second-order valence-electron chi connectivity index (χ2n) is 3.90. The molecule has 0 bridgehead atoms. The van der Waals surface area contributed by atoms with E-state index in [0.29, 0.717) is 11.2 Å². The molecule has 0 aliphatic carbocycles. The summed E-state index contributed by atoms with van der Waals surface area (Å²) in [6, 6.07) is 0.436. The summed E-state index contributed by atoms with van der Waals surface area (Å²) in [6.45, 7) is 3.04. The average Bonchev–Trinajstić information content (AvgIpc) is 2.70. The highest BCUT2D eigenvalue weighted by Crippen LogP contribution is 2.19. The summed E-state index contributed by atoms with van der Waals surface area (Å²) < 4.78 is 0. The van der Waals surface area contributed by atoms with Gasteiger partial charge in [-0.15, -0.1) is 23.7 Å². The Morgan fingerprint density at radius 3 is 3.12 bits per heavy atom. The Labute approximate surface area is 105 Å². The normalized spacial score (nSPS) is 24.6. The summed E-state index contributed by atoms with van der Waals surface area (Å²) in [7, 11) is 0. The molecule has 4 nitrogen and oxygen atoms in total. The van der Waals surface area contributed by atoms with Crippen LogP contribution in [0.25, 0.3) is 0 Å². The van der Waals surface area contributed by atoms with Crippen molar-refractivity contribution in [2.24, 2.45) is 5.92 Å². The van der Waals surface area contributed by atoms with Crippen LogP contribution < -0.4 is 10.6 Å². The molecule has 2 heterocycles. The largest absolute Gasteiger partial charge is 0.314 e. The topological polar surface area (TPSA) is 54.0 Å². The third kappa shape index (κ3) is 3.43. The predicted octanol–water partition coefficient (Wildman–Crippen LogP) is 1.89. The van der Waals surface area contributed by atoms with Gasteiger partial charge in [-0.05, 0) is 26.3 Å². The quantitative estimate of drug-likeness (QED) is 0.855. The van der Waals surface area contributed by atoms with Gasteiger partial charge in [0.25, 0.3) is 0 Å². The molecule has 0 radical (unpaired) electrons. The van der Waals surface area contributed by atoms with Gasteiger partial charge in [0.1, 0.15) is 0 Å². The third-order valence-corrected chi connectivity index (χ3v) is 3.35. The summed E-state index contributed by atoms with van der Waals surface area (Å²) in [5.41, 5.74) is 0. The molecule has 2 atom stereocenters. The first-order valence-electron chi connectivity index (χ1n) is 5.19. The summed E-state index contributed by atoms with van der Waals surface area (Å²) in [5, 5.41) is 8.75. The van der Waals surface area contributed by atoms with E-state index >= 15 is 0 Å². The molecular formula is C10H16ClN3OS. The van der Waals surface area contributed by atoms with E-state index in [-0.39, 0.29) is 24.2 Å². The van der Waals surface area contributed by atoms with Crippen molar-refractivity contribution >= 4 is 34.8 Å². The van der Waals surface area contributed by atoms with E-state index in [4.69, 9.17) is 0 Å². The molecule has 2 rings (SSSR count). The van der Waals surface area contributed by atoms with Crippen molar-refractivity contribution in [3.05, 3.63) is 11.6 Å². The molecule has 0 aromatic carbocycles. The van der Waals surface area contributed by atoms with Crippen molar-refractivity contribution in [2.45, 2.75) is 25.8 Å². The molecule has 2 N–H and O–H groups in total. The highest BCUT2D eigenvalue weighted by molar-refractivity contribution is 7.13. The summed E-state index contributed by atoms with van der Waals surface area (Å²) in [5.74, 6) is 0.239. The summed E-state index contributed by atoms with van der Waals surface area (Å²) in [6.07, 6.45) is 3.53. The van der Waals surface area contributed by atoms with E-state index in [9.17, 15) is 4.79 Å². The molecule has 1 aromatic rings. The molecule has 16 heavy (non-hydrogen) atoms. The number of aromatic nitrogens is 1. The van der Waals surface area contributed by atoms with Crippen molar-refractivity contribution in [1.82, 2.24) is 10.3 Å². The summed E-state index contributed by atoms with van der Waals surface area (Å²) in [4.78, 5) is 15.9. The number of carbonyl (C=O) groups is 1. The number of nitrogens with one attached hydrogen (secondary N) is 2. The maximum absolute atomic E-state index is 11.8.